The molecule has 2 rings (SSSR count). The molecule has 1 heterocycles. The van der Waals surface area contributed by atoms with E-state index in [1.165, 1.54) is 18.2 Å². The average molecular weight is 227 g/mol. The Morgan fingerprint density at radius 3 is 2.62 bits per heavy atom. The molecule has 0 unspecified atom stereocenters. The molecule has 0 spiro atoms. The minimum atomic E-state index is -4.41. The summed E-state index contributed by atoms with van der Waals surface area (Å²) in [4.78, 5) is 2.44. The SMILES string of the molecule is FC(F)(F)c1ccccc1Nc1nn[c][nH]1. The Morgan fingerprint density at radius 1 is 1.25 bits per heavy atom. The molecule has 16 heavy (non-hydrogen) atoms. The first-order valence-corrected chi connectivity index (χ1v) is 4.29. The number of aromatic nitrogens is 3. The summed E-state index contributed by atoms with van der Waals surface area (Å²) >= 11 is 0. The van der Waals surface area contributed by atoms with Crippen LogP contribution in [-0.2, 0) is 6.18 Å². The Bertz CT molecular complexity index is 464. The summed E-state index contributed by atoms with van der Waals surface area (Å²) in [5.41, 5.74) is -0.841. The highest BCUT2D eigenvalue weighted by molar-refractivity contribution is 5.59. The van der Waals surface area contributed by atoms with E-state index in [2.05, 4.69) is 26.8 Å². The van der Waals surface area contributed by atoms with Gasteiger partial charge in [0, 0.05) is 0 Å². The van der Waals surface area contributed by atoms with Crippen molar-refractivity contribution in [3.8, 4) is 0 Å². The van der Waals surface area contributed by atoms with Gasteiger partial charge >= 0.3 is 6.18 Å². The van der Waals surface area contributed by atoms with Gasteiger partial charge in [0.1, 0.15) is 0 Å². The number of H-pyrrole nitrogens is 1. The van der Waals surface area contributed by atoms with Crippen LogP contribution in [0.1, 0.15) is 5.56 Å². The molecule has 0 saturated heterocycles. The van der Waals surface area contributed by atoms with Gasteiger partial charge in [-0.05, 0) is 12.1 Å². The molecule has 4 nitrogen and oxygen atoms in total. The Balaban J connectivity index is 2.34. The third-order valence-corrected chi connectivity index (χ3v) is 1.86. The van der Waals surface area contributed by atoms with Crippen LogP contribution < -0.4 is 5.32 Å². The summed E-state index contributed by atoms with van der Waals surface area (Å²) in [6, 6.07) is 5.12. The molecule has 0 aliphatic carbocycles. The second kappa shape index (κ2) is 3.84. The van der Waals surface area contributed by atoms with Crippen molar-refractivity contribution < 1.29 is 13.2 Å². The fourth-order valence-electron chi connectivity index (χ4n) is 1.20. The van der Waals surface area contributed by atoms with E-state index in [-0.39, 0.29) is 11.6 Å². The highest BCUT2D eigenvalue weighted by atomic mass is 19.4. The van der Waals surface area contributed by atoms with Gasteiger partial charge in [-0.15, -0.1) is 10.2 Å². The maximum absolute atomic E-state index is 12.6. The number of benzene rings is 1. The van der Waals surface area contributed by atoms with Gasteiger partial charge in [0.2, 0.25) is 12.3 Å². The van der Waals surface area contributed by atoms with E-state index in [9.17, 15) is 13.2 Å². The molecule has 0 aliphatic heterocycles. The molecule has 7 heteroatoms. The van der Waals surface area contributed by atoms with Crippen molar-refractivity contribution >= 4 is 11.6 Å². The van der Waals surface area contributed by atoms with E-state index < -0.39 is 11.7 Å². The monoisotopic (exact) mass is 227 g/mol. The van der Waals surface area contributed by atoms with Gasteiger partial charge in [0.25, 0.3) is 0 Å². The first-order chi connectivity index (χ1) is 7.57. The van der Waals surface area contributed by atoms with Crippen LogP contribution in [-0.4, -0.2) is 15.2 Å². The number of rotatable bonds is 2. The first kappa shape index (κ1) is 10.5. The summed E-state index contributed by atoms with van der Waals surface area (Å²) in [5, 5.41) is 9.31. The number of nitrogens with zero attached hydrogens (tertiary/aromatic N) is 2. The molecule has 1 radical (unpaired) electrons. The van der Waals surface area contributed by atoms with E-state index in [1.54, 1.807) is 0 Å². The van der Waals surface area contributed by atoms with Crippen LogP contribution >= 0.6 is 0 Å². The molecule has 1 aromatic heterocycles. The molecule has 0 fully saturated rings. The number of anilines is 2. The minimum Gasteiger partial charge on any atom is -0.324 e. The second-order valence-electron chi connectivity index (χ2n) is 2.95. The van der Waals surface area contributed by atoms with Crippen LogP contribution in [0, 0.1) is 6.33 Å². The average Bonchev–Trinajstić information content (AvgIpc) is 2.70. The quantitative estimate of drug-likeness (QED) is 0.828. The van der Waals surface area contributed by atoms with Crippen molar-refractivity contribution in [2.24, 2.45) is 0 Å². The van der Waals surface area contributed by atoms with Gasteiger partial charge in [-0.25, -0.2) is 0 Å². The van der Waals surface area contributed by atoms with Crippen LogP contribution in [0.25, 0.3) is 0 Å². The van der Waals surface area contributed by atoms with Crippen molar-refractivity contribution in [2.75, 3.05) is 5.32 Å². The summed E-state index contributed by atoms with van der Waals surface area (Å²) in [6.45, 7) is 0. The fourth-order valence-corrected chi connectivity index (χ4v) is 1.20. The maximum atomic E-state index is 12.6. The molecule has 0 aliphatic rings. The van der Waals surface area contributed by atoms with Gasteiger partial charge < -0.3 is 10.3 Å². The summed E-state index contributed by atoms with van der Waals surface area (Å²) < 4.78 is 37.7. The smallest absolute Gasteiger partial charge is 0.324 e. The molecule has 1 aromatic carbocycles. The summed E-state index contributed by atoms with van der Waals surface area (Å²) in [5.74, 6) is 0.108. The number of halogens is 3. The number of alkyl halides is 3. The zero-order valence-electron chi connectivity index (χ0n) is 7.84. The van der Waals surface area contributed by atoms with E-state index >= 15 is 0 Å². The minimum absolute atomic E-state index is 0.0832. The van der Waals surface area contributed by atoms with Crippen molar-refractivity contribution in [1.29, 1.82) is 0 Å². The van der Waals surface area contributed by atoms with Crippen LogP contribution in [0.4, 0.5) is 24.8 Å². The number of para-hydroxylation sites is 1. The van der Waals surface area contributed by atoms with E-state index in [4.69, 9.17) is 0 Å². The Labute approximate surface area is 88.5 Å². The normalized spacial score (nSPS) is 11.4. The lowest BCUT2D eigenvalue weighted by atomic mass is 10.1. The zero-order valence-corrected chi connectivity index (χ0v) is 7.84. The Kier molecular flexibility index (Phi) is 2.51. The van der Waals surface area contributed by atoms with Crippen LogP contribution in [0.5, 0.6) is 0 Å². The van der Waals surface area contributed by atoms with Gasteiger partial charge in [0.05, 0.1) is 11.3 Å². The van der Waals surface area contributed by atoms with Crippen molar-refractivity contribution in [3.63, 3.8) is 0 Å². The molecule has 0 amide bonds. The standard InChI is InChI=1S/C9H6F3N4/c10-9(11,12)6-3-1-2-4-7(6)15-8-13-5-14-16-8/h1-4H,(H2,13,14,15,16). The number of hydrogen-bond donors (Lipinski definition) is 2. The summed E-state index contributed by atoms with van der Waals surface area (Å²) in [6.07, 6.45) is -2.13. The molecule has 0 atom stereocenters. The zero-order chi connectivity index (χ0) is 11.6. The van der Waals surface area contributed by atoms with Gasteiger partial charge in [-0.1, -0.05) is 12.1 Å². The van der Waals surface area contributed by atoms with Gasteiger partial charge in [-0.2, -0.15) is 13.2 Å². The lowest BCUT2D eigenvalue weighted by Crippen LogP contribution is -2.08. The van der Waals surface area contributed by atoms with Crippen LogP contribution in [0.15, 0.2) is 24.3 Å². The van der Waals surface area contributed by atoms with Crippen molar-refractivity contribution in [1.82, 2.24) is 15.2 Å². The molecular formula is C9H6F3N4. The first-order valence-electron chi connectivity index (χ1n) is 4.29. The third kappa shape index (κ3) is 2.13. The Hall–Kier alpha value is -2.05. The maximum Gasteiger partial charge on any atom is 0.418 e. The number of hydrogen-bond acceptors (Lipinski definition) is 3. The third-order valence-electron chi connectivity index (χ3n) is 1.86. The van der Waals surface area contributed by atoms with Crippen molar-refractivity contribution in [3.05, 3.63) is 36.2 Å². The largest absolute Gasteiger partial charge is 0.418 e. The lowest BCUT2D eigenvalue weighted by Gasteiger charge is -2.12. The van der Waals surface area contributed by atoms with Crippen LogP contribution in [0.2, 0.25) is 0 Å². The molecule has 2 aromatic rings. The molecule has 0 saturated carbocycles. The highest BCUT2D eigenvalue weighted by Gasteiger charge is 2.33. The summed E-state index contributed by atoms with van der Waals surface area (Å²) in [7, 11) is 0. The van der Waals surface area contributed by atoms with E-state index in [1.807, 2.05) is 0 Å². The van der Waals surface area contributed by atoms with Gasteiger partial charge in [-0.3, -0.25) is 0 Å². The number of aromatic amines is 1. The van der Waals surface area contributed by atoms with Crippen LogP contribution in [0.3, 0.4) is 0 Å². The number of nitrogens with one attached hydrogen (secondary N) is 2. The topological polar surface area (TPSA) is 53.6 Å². The predicted molar refractivity (Wildman–Crippen MR) is 49.9 cm³/mol. The molecule has 83 valence electrons. The van der Waals surface area contributed by atoms with Gasteiger partial charge in [0.15, 0.2) is 0 Å². The predicted octanol–water partition coefficient (Wildman–Crippen LogP) is 2.37. The second-order valence-corrected chi connectivity index (χ2v) is 2.95. The lowest BCUT2D eigenvalue weighted by molar-refractivity contribution is -0.136. The molecule has 0 bridgehead atoms. The van der Waals surface area contributed by atoms with Crippen molar-refractivity contribution in [2.45, 2.75) is 6.18 Å². The molecule has 2 N–H and O–H groups in total. The van der Waals surface area contributed by atoms with E-state index in [0.29, 0.717) is 0 Å². The fraction of sp³-hybridized carbons (Fsp3) is 0.111. The highest BCUT2D eigenvalue weighted by Crippen LogP contribution is 2.35. The van der Waals surface area contributed by atoms with E-state index in [0.717, 1.165) is 6.07 Å². The Morgan fingerprint density at radius 2 is 2.00 bits per heavy atom. The molecular weight excluding hydrogens is 221 g/mol.